The van der Waals surface area contributed by atoms with Crippen molar-refractivity contribution in [2.75, 3.05) is 0 Å². The number of hydrogen-bond acceptors (Lipinski definition) is 2. The summed E-state index contributed by atoms with van der Waals surface area (Å²) >= 11 is 0. The normalized spacial score (nSPS) is 12.0. The Kier molecular flexibility index (Phi) is 2.82. The van der Waals surface area contributed by atoms with E-state index in [2.05, 4.69) is 30.9 Å². The van der Waals surface area contributed by atoms with Gasteiger partial charge in [0, 0.05) is 29.4 Å². The van der Waals surface area contributed by atoms with Gasteiger partial charge < -0.3 is 0 Å². The Hall–Kier alpha value is -2.23. The molecule has 0 spiro atoms. The molecule has 3 nitrogen and oxygen atoms in total. The van der Waals surface area contributed by atoms with E-state index in [-0.39, 0.29) is 11.2 Å². The van der Waals surface area contributed by atoms with Crippen molar-refractivity contribution in [1.29, 1.82) is 0 Å². The lowest BCUT2D eigenvalue weighted by Gasteiger charge is -2.13. The second kappa shape index (κ2) is 4.40. The van der Waals surface area contributed by atoms with Gasteiger partial charge in [-0.25, -0.2) is 13.9 Å². The van der Waals surface area contributed by atoms with Crippen LogP contribution in [0.1, 0.15) is 26.5 Å². The molecule has 3 aromatic rings. The van der Waals surface area contributed by atoms with Gasteiger partial charge in [0.1, 0.15) is 5.82 Å². The van der Waals surface area contributed by atoms with Crippen molar-refractivity contribution >= 4 is 5.65 Å². The summed E-state index contributed by atoms with van der Waals surface area (Å²) < 4.78 is 15.0. The monoisotopic (exact) mass is 269 g/mol. The average Bonchev–Trinajstić information content (AvgIpc) is 2.81. The van der Waals surface area contributed by atoms with Crippen molar-refractivity contribution in [2.45, 2.75) is 26.2 Å². The van der Waals surface area contributed by atoms with Crippen molar-refractivity contribution < 1.29 is 4.39 Å². The molecule has 2 aromatic heterocycles. The fourth-order valence-corrected chi connectivity index (χ4v) is 2.06. The van der Waals surface area contributed by atoms with Gasteiger partial charge in [0.2, 0.25) is 0 Å². The van der Waals surface area contributed by atoms with E-state index in [9.17, 15) is 4.39 Å². The van der Waals surface area contributed by atoms with Gasteiger partial charge >= 0.3 is 0 Å². The highest BCUT2D eigenvalue weighted by Crippen LogP contribution is 2.23. The number of aromatic nitrogens is 3. The zero-order valence-corrected chi connectivity index (χ0v) is 11.8. The maximum atomic E-state index is 13.3. The van der Waals surface area contributed by atoms with E-state index in [1.165, 1.54) is 12.1 Å². The molecule has 1 aromatic carbocycles. The van der Waals surface area contributed by atoms with E-state index in [1.807, 2.05) is 18.3 Å². The van der Waals surface area contributed by atoms with Crippen molar-refractivity contribution in [3.05, 3.63) is 54.2 Å². The topological polar surface area (TPSA) is 30.2 Å². The molecule has 4 heteroatoms. The molecule has 0 bridgehead atoms. The molecule has 0 aliphatic carbocycles. The van der Waals surface area contributed by atoms with Gasteiger partial charge in [-0.2, -0.15) is 5.10 Å². The molecule has 3 rings (SSSR count). The van der Waals surface area contributed by atoms with E-state index in [1.54, 1.807) is 16.8 Å². The van der Waals surface area contributed by atoms with Gasteiger partial charge in [-0.15, -0.1) is 0 Å². The second-order valence-corrected chi connectivity index (χ2v) is 5.94. The molecular formula is C16H16FN3. The summed E-state index contributed by atoms with van der Waals surface area (Å²) in [6, 6.07) is 8.46. The third kappa shape index (κ3) is 2.29. The van der Waals surface area contributed by atoms with Crippen LogP contribution in [0.4, 0.5) is 4.39 Å². The number of halogens is 1. The molecule has 0 fully saturated rings. The summed E-state index contributed by atoms with van der Waals surface area (Å²) in [6.45, 7) is 6.34. The molecule has 0 radical (unpaired) electrons. The predicted octanol–water partition coefficient (Wildman–Crippen LogP) is 3.83. The lowest BCUT2D eigenvalue weighted by Crippen LogP contribution is -2.11. The Morgan fingerprint density at radius 2 is 1.90 bits per heavy atom. The first-order chi connectivity index (χ1) is 9.43. The Bertz CT molecular complexity index is 769. The van der Waals surface area contributed by atoms with Crippen molar-refractivity contribution in [2.24, 2.45) is 0 Å². The highest BCUT2D eigenvalue weighted by atomic mass is 19.1. The van der Waals surface area contributed by atoms with Crippen LogP contribution in [0.5, 0.6) is 0 Å². The van der Waals surface area contributed by atoms with Crippen LogP contribution in [0.3, 0.4) is 0 Å². The summed E-state index contributed by atoms with van der Waals surface area (Å²) in [7, 11) is 0. The van der Waals surface area contributed by atoms with E-state index in [0.717, 1.165) is 22.5 Å². The van der Waals surface area contributed by atoms with E-state index >= 15 is 0 Å². The standard InChI is InChI=1S/C16H16FN3/c1-16(2,3)14-8-15-18-9-12(10-20(15)19-14)11-5-4-6-13(17)7-11/h4-10H,1-3H3. The Morgan fingerprint density at radius 3 is 2.60 bits per heavy atom. The second-order valence-electron chi connectivity index (χ2n) is 5.94. The predicted molar refractivity (Wildman–Crippen MR) is 77.1 cm³/mol. The quantitative estimate of drug-likeness (QED) is 0.672. The van der Waals surface area contributed by atoms with Crippen LogP contribution in [0.25, 0.3) is 16.8 Å². The van der Waals surface area contributed by atoms with Gasteiger partial charge in [-0.1, -0.05) is 32.9 Å². The molecule has 0 saturated carbocycles. The van der Waals surface area contributed by atoms with Gasteiger partial charge in [-0.05, 0) is 17.7 Å². The van der Waals surface area contributed by atoms with E-state index in [0.29, 0.717) is 0 Å². The zero-order valence-electron chi connectivity index (χ0n) is 11.8. The summed E-state index contributed by atoms with van der Waals surface area (Å²) in [6.07, 6.45) is 3.63. The molecule has 0 saturated heterocycles. The van der Waals surface area contributed by atoms with Crippen LogP contribution in [0.15, 0.2) is 42.7 Å². The molecule has 0 atom stereocenters. The molecule has 0 unspecified atom stereocenters. The molecule has 0 aliphatic rings. The summed E-state index contributed by atoms with van der Waals surface area (Å²) in [5.74, 6) is -0.251. The smallest absolute Gasteiger partial charge is 0.155 e. The van der Waals surface area contributed by atoms with Crippen LogP contribution < -0.4 is 0 Å². The molecular weight excluding hydrogens is 253 g/mol. The van der Waals surface area contributed by atoms with Gasteiger partial charge in [0.25, 0.3) is 0 Å². The molecule has 0 amide bonds. The molecule has 102 valence electrons. The summed E-state index contributed by atoms with van der Waals surface area (Å²) in [4.78, 5) is 4.40. The van der Waals surface area contributed by atoms with Crippen LogP contribution >= 0.6 is 0 Å². The third-order valence-electron chi connectivity index (χ3n) is 3.24. The van der Waals surface area contributed by atoms with Gasteiger partial charge in [-0.3, -0.25) is 0 Å². The first kappa shape index (κ1) is 12.8. The van der Waals surface area contributed by atoms with E-state index in [4.69, 9.17) is 0 Å². The summed E-state index contributed by atoms with van der Waals surface area (Å²) in [5, 5.41) is 4.55. The van der Waals surface area contributed by atoms with Crippen LogP contribution in [-0.2, 0) is 5.41 Å². The molecule has 0 N–H and O–H groups in total. The lowest BCUT2D eigenvalue weighted by atomic mass is 9.93. The Labute approximate surface area is 117 Å². The van der Waals surface area contributed by atoms with Gasteiger partial charge in [0.05, 0.1) is 5.69 Å². The SMILES string of the molecule is CC(C)(C)c1cc2ncc(-c3cccc(F)c3)cn2n1. The van der Waals surface area contributed by atoms with Crippen molar-refractivity contribution in [3.63, 3.8) is 0 Å². The minimum Gasteiger partial charge on any atom is -0.236 e. The maximum absolute atomic E-state index is 13.3. The largest absolute Gasteiger partial charge is 0.236 e. The molecule has 20 heavy (non-hydrogen) atoms. The first-order valence-corrected chi connectivity index (χ1v) is 6.55. The highest BCUT2D eigenvalue weighted by molar-refractivity contribution is 5.63. The number of hydrogen-bond donors (Lipinski definition) is 0. The fourth-order valence-electron chi connectivity index (χ4n) is 2.06. The number of benzene rings is 1. The van der Waals surface area contributed by atoms with Crippen LogP contribution in [0, 0.1) is 5.82 Å². The molecule has 2 heterocycles. The lowest BCUT2D eigenvalue weighted by molar-refractivity contribution is 0.562. The Morgan fingerprint density at radius 1 is 1.10 bits per heavy atom. The number of rotatable bonds is 1. The highest BCUT2D eigenvalue weighted by Gasteiger charge is 2.18. The fraction of sp³-hybridized carbons (Fsp3) is 0.250. The van der Waals surface area contributed by atoms with E-state index < -0.39 is 0 Å². The molecule has 0 aliphatic heterocycles. The zero-order chi connectivity index (χ0) is 14.3. The average molecular weight is 269 g/mol. The van der Waals surface area contributed by atoms with Crippen molar-refractivity contribution in [1.82, 2.24) is 14.6 Å². The number of fused-ring (bicyclic) bond motifs is 1. The van der Waals surface area contributed by atoms with Gasteiger partial charge in [0.15, 0.2) is 5.65 Å². The minimum atomic E-state index is -0.251. The van der Waals surface area contributed by atoms with Crippen LogP contribution in [-0.4, -0.2) is 14.6 Å². The first-order valence-electron chi connectivity index (χ1n) is 6.55. The Balaban J connectivity index is 2.11. The number of nitrogens with zero attached hydrogens (tertiary/aromatic N) is 3. The minimum absolute atomic E-state index is 0.0211. The third-order valence-corrected chi connectivity index (χ3v) is 3.24. The van der Waals surface area contributed by atoms with Crippen molar-refractivity contribution in [3.8, 4) is 11.1 Å². The maximum Gasteiger partial charge on any atom is 0.155 e. The van der Waals surface area contributed by atoms with Crippen LogP contribution in [0.2, 0.25) is 0 Å². The summed E-state index contributed by atoms with van der Waals surface area (Å²) in [5.41, 5.74) is 3.41.